The topological polar surface area (TPSA) is 78.4 Å². The molecule has 2 saturated carbocycles. The zero-order valence-corrected chi connectivity index (χ0v) is 18.6. The van der Waals surface area contributed by atoms with E-state index in [0.717, 1.165) is 38.4 Å². The van der Waals surface area contributed by atoms with Gasteiger partial charge in [0, 0.05) is 48.5 Å². The van der Waals surface area contributed by atoms with Crippen LogP contribution in [0.4, 0.5) is 14.6 Å². The summed E-state index contributed by atoms with van der Waals surface area (Å²) in [5, 5.41) is 4.86. The Labute approximate surface area is 186 Å². The number of nitrogens with zero attached hydrogens (tertiary/aromatic N) is 4. The van der Waals surface area contributed by atoms with E-state index >= 15 is 0 Å². The van der Waals surface area contributed by atoms with E-state index in [1.807, 2.05) is 0 Å². The van der Waals surface area contributed by atoms with Gasteiger partial charge in [-0.05, 0) is 50.2 Å². The standard InChI is InChI=1S/C23H31F2N5O2/c1-3-13(2)30-19(21-16-9-15(10-17(16)21)29-4-6-31-7-5-29)11-18(28-30)14-8-20(32-23(24)25)22(26)27-12-14/h8,11-13,15-17,21,23H,3-7,9-10H2,1-2H3,(H2,26,27). The number of morpholine rings is 1. The molecule has 0 amide bonds. The number of halogens is 2. The Bertz CT molecular complexity index is 950. The maximum Gasteiger partial charge on any atom is 0.387 e. The zero-order valence-electron chi connectivity index (χ0n) is 18.6. The predicted molar refractivity (Wildman–Crippen MR) is 117 cm³/mol. The molecule has 2 aromatic heterocycles. The van der Waals surface area contributed by atoms with Crippen molar-refractivity contribution in [2.75, 3.05) is 32.0 Å². The van der Waals surface area contributed by atoms with E-state index in [0.29, 0.717) is 29.4 Å². The van der Waals surface area contributed by atoms with Crippen LogP contribution in [0.25, 0.3) is 11.3 Å². The van der Waals surface area contributed by atoms with Gasteiger partial charge in [0.2, 0.25) is 0 Å². The Kier molecular flexibility index (Phi) is 5.79. The second-order valence-corrected chi connectivity index (χ2v) is 9.27. The van der Waals surface area contributed by atoms with Crippen molar-refractivity contribution in [2.24, 2.45) is 11.8 Å². The van der Waals surface area contributed by atoms with Gasteiger partial charge in [-0.3, -0.25) is 9.58 Å². The van der Waals surface area contributed by atoms with Crippen LogP contribution in [0.15, 0.2) is 18.3 Å². The highest BCUT2D eigenvalue weighted by Crippen LogP contribution is 2.64. The van der Waals surface area contributed by atoms with Crippen molar-refractivity contribution < 1.29 is 18.3 Å². The first-order valence-corrected chi connectivity index (χ1v) is 11.6. The Morgan fingerprint density at radius 2 is 1.94 bits per heavy atom. The molecule has 0 spiro atoms. The third-order valence-electron chi connectivity index (χ3n) is 7.49. The molecular formula is C23H31F2N5O2. The van der Waals surface area contributed by atoms with Crippen molar-refractivity contribution in [3.63, 3.8) is 0 Å². The second kappa shape index (κ2) is 8.59. The van der Waals surface area contributed by atoms with Crippen LogP contribution in [0.5, 0.6) is 5.75 Å². The molecule has 3 aliphatic rings. The maximum atomic E-state index is 12.7. The van der Waals surface area contributed by atoms with Crippen molar-refractivity contribution in [3.8, 4) is 17.0 Å². The summed E-state index contributed by atoms with van der Waals surface area (Å²) in [5.41, 5.74) is 8.31. The van der Waals surface area contributed by atoms with Gasteiger partial charge in [-0.1, -0.05) is 6.92 Å². The van der Waals surface area contributed by atoms with Crippen LogP contribution in [-0.4, -0.2) is 58.6 Å². The molecule has 5 rings (SSSR count). The molecule has 0 bridgehead atoms. The minimum Gasteiger partial charge on any atom is -0.431 e. The van der Waals surface area contributed by atoms with Gasteiger partial charge in [0.05, 0.1) is 18.9 Å². The molecule has 32 heavy (non-hydrogen) atoms. The molecule has 3 fully saturated rings. The summed E-state index contributed by atoms with van der Waals surface area (Å²) < 4.78 is 37.6. The summed E-state index contributed by atoms with van der Waals surface area (Å²) >= 11 is 0. The fraction of sp³-hybridized carbons (Fsp3) is 0.652. The highest BCUT2D eigenvalue weighted by atomic mass is 19.3. The Balaban J connectivity index is 1.38. The van der Waals surface area contributed by atoms with E-state index in [-0.39, 0.29) is 17.6 Å². The van der Waals surface area contributed by atoms with Crippen LogP contribution in [0.3, 0.4) is 0 Å². The maximum absolute atomic E-state index is 12.7. The van der Waals surface area contributed by atoms with Gasteiger partial charge < -0.3 is 15.2 Å². The molecule has 174 valence electrons. The molecule has 2 N–H and O–H groups in total. The SMILES string of the molecule is CCC(C)n1nc(-c2cnc(N)c(OC(F)F)c2)cc1C1C2CC(N3CCOCC3)CC21. The fourth-order valence-corrected chi connectivity index (χ4v) is 5.60. The predicted octanol–water partition coefficient (Wildman–Crippen LogP) is 3.92. The highest BCUT2D eigenvalue weighted by Gasteiger charge is 2.58. The van der Waals surface area contributed by atoms with Crippen LogP contribution in [-0.2, 0) is 4.74 Å². The lowest BCUT2D eigenvalue weighted by molar-refractivity contribution is -0.0494. The summed E-state index contributed by atoms with van der Waals surface area (Å²) in [5.74, 6) is 1.73. The molecule has 2 aliphatic carbocycles. The van der Waals surface area contributed by atoms with Crippen molar-refractivity contribution in [1.82, 2.24) is 19.7 Å². The van der Waals surface area contributed by atoms with Crippen molar-refractivity contribution in [2.45, 2.75) is 57.7 Å². The summed E-state index contributed by atoms with van der Waals surface area (Å²) in [6.07, 6.45) is 4.99. The number of alkyl halides is 2. The van der Waals surface area contributed by atoms with Crippen LogP contribution in [0.2, 0.25) is 0 Å². The first kappa shape index (κ1) is 21.6. The minimum absolute atomic E-state index is 0.0542. The number of anilines is 1. The lowest BCUT2D eigenvalue weighted by atomic mass is 10.0. The van der Waals surface area contributed by atoms with Gasteiger partial charge in [-0.25, -0.2) is 4.98 Å². The molecule has 3 unspecified atom stereocenters. The van der Waals surface area contributed by atoms with Crippen molar-refractivity contribution in [3.05, 3.63) is 24.0 Å². The number of hydrogen-bond acceptors (Lipinski definition) is 6. The van der Waals surface area contributed by atoms with Gasteiger partial charge in [0.25, 0.3) is 0 Å². The van der Waals surface area contributed by atoms with E-state index in [2.05, 4.69) is 39.2 Å². The van der Waals surface area contributed by atoms with E-state index in [9.17, 15) is 8.78 Å². The highest BCUT2D eigenvalue weighted by molar-refractivity contribution is 5.64. The minimum atomic E-state index is -2.95. The lowest BCUT2D eigenvalue weighted by Crippen LogP contribution is -2.43. The Hall–Kier alpha value is -2.26. The molecule has 3 heterocycles. The average molecular weight is 448 g/mol. The molecule has 7 nitrogen and oxygen atoms in total. The normalized spacial score (nSPS) is 28.7. The van der Waals surface area contributed by atoms with Gasteiger partial charge >= 0.3 is 6.61 Å². The van der Waals surface area contributed by atoms with Gasteiger partial charge in [-0.2, -0.15) is 13.9 Å². The number of hydrogen-bond donors (Lipinski definition) is 1. The first-order chi connectivity index (χ1) is 15.5. The largest absolute Gasteiger partial charge is 0.431 e. The fourth-order valence-electron chi connectivity index (χ4n) is 5.60. The van der Waals surface area contributed by atoms with Gasteiger partial charge in [0.15, 0.2) is 11.6 Å². The number of nitrogens with two attached hydrogens (primary N) is 1. The molecule has 3 atom stereocenters. The smallest absolute Gasteiger partial charge is 0.387 e. The number of pyridine rings is 1. The van der Waals surface area contributed by atoms with Crippen LogP contribution >= 0.6 is 0 Å². The van der Waals surface area contributed by atoms with Crippen molar-refractivity contribution >= 4 is 5.82 Å². The number of fused-ring (bicyclic) bond motifs is 1. The number of nitrogen functional groups attached to an aromatic ring is 1. The first-order valence-electron chi connectivity index (χ1n) is 11.6. The summed E-state index contributed by atoms with van der Waals surface area (Å²) in [6, 6.07) is 4.54. The third-order valence-corrected chi connectivity index (χ3v) is 7.49. The Morgan fingerprint density at radius 3 is 2.59 bits per heavy atom. The van der Waals surface area contributed by atoms with Gasteiger partial charge in [0.1, 0.15) is 0 Å². The molecular weight excluding hydrogens is 416 g/mol. The van der Waals surface area contributed by atoms with Gasteiger partial charge in [-0.15, -0.1) is 0 Å². The molecule has 2 aromatic rings. The molecule has 0 radical (unpaired) electrons. The van der Waals surface area contributed by atoms with E-state index < -0.39 is 6.61 Å². The summed E-state index contributed by atoms with van der Waals surface area (Å²) in [6.45, 7) is 5.12. The molecule has 1 aliphatic heterocycles. The third kappa shape index (κ3) is 3.96. The molecule has 1 saturated heterocycles. The zero-order chi connectivity index (χ0) is 22.4. The number of rotatable bonds is 7. The molecule has 9 heteroatoms. The average Bonchev–Trinajstić information content (AvgIpc) is 3.14. The lowest BCUT2D eigenvalue weighted by Gasteiger charge is -2.33. The van der Waals surface area contributed by atoms with E-state index in [4.69, 9.17) is 15.6 Å². The van der Waals surface area contributed by atoms with Crippen molar-refractivity contribution in [1.29, 1.82) is 0 Å². The number of aromatic nitrogens is 3. The van der Waals surface area contributed by atoms with Crippen LogP contribution in [0, 0.1) is 11.8 Å². The quantitative estimate of drug-likeness (QED) is 0.693. The van der Waals surface area contributed by atoms with Crippen LogP contribution in [0.1, 0.15) is 50.8 Å². The summed E-state index contributed by atoms with van der Waals surface area (Å²) in [4.78, 5) is 6.64. The summed E-state index contributed by atoms with van der Waals surface area (Å²) in [7, 11) is 0. The molecule has 0 aromatic carbocycles. The number of ether oxygens (including phenoxy) is 2. The van der Waals surface area contributed by atoms with Crippen LogP contribution < -0.4 is 10.5 Å². The van der Waals surface area contributed by atoms with E-state index in [1.165, 1.54) is 24.6 Å². The monoisotopic (exact) mass is 447 g/mol. The Morgan fingerprint density at radius 1 is 1.22 bits per heavy atom. The van der Waals surface area contributed by atoms with E-state index in [1.54, 1.807) is 6.20 Å². The second-order valence-electron chi connectivity index (χ2n) is 9.27.